The molecule has 0 aromatic carbocycles. The third kappa shape index (κ3) is 1.91. The molecule has 0 saturated heterocycles. The molecular formula is C13H10N2O2. The molecular weight excluding hydrogens is 216 g/mol. The van der Waals surface area contributed by atoms with Crippen LogP contribution in [0.4, 0.5) is 0 Å². The highest BCUT2D eigenvalue weighted by atomic mass is 16.5. The van der Waals surface area contributed by atoms with Gasteiger partial charge in [-0.3, -0.25) is 0 Å². The van der Waals surface area contributed by atoms with Gasteiger partial charge in [0.2, 0.25) is 0 Å². The average molecular weight is 226 g/mol. The number of carbonyl (C=O) groups excluding carboxylic acids is 1. The van der Waals surface area contributed by atoms with Crippen molar-refractivity contribution in [1.82, 2.24) is 4.90 Å². The second kappa shape index (κ2) is 4.54. The number of hydrogen-bond acceptors (Lipinski definition) is 4. The van der Waals surface area contributed by atoms with Crippen molar-refractivity contribution in [3.05, 3.63) is 59.6 Å². The summed E-state index contributed by atoms with van der Waals surface area (Å²) in [6.07, 6.45) is 12.8. The summed E-state index contributed by atoms with van der Waals surface area (Å²) in [6, 6.07) is 1.88. The summed E-state index contributed by atoms with van der Waals surface area (Å²) in [5.41, 5.74) is 1.42. The summed E-state index contributed by atoms with van der Waals surface area (Å²) >= 11 is 0. The average Bonchev–Trinajstić information content (AvgIpc) is 2.39. The molecule has 2 aliphatic heterocycles. The van der Waals surface area contributed by atoms with Crippen molar-refractivity contribution in [1.29, 1.82) is 5.26 Å². The zero-order chi connectivity index (χ0) is 12.3. The summed E-state index contributed by atoms with van der Waals surface area (Å²) in [6.45, 7) is 0. The molecule has 0 spiro atoms. The molecule has 0 N–H and O–H groups in total. The molecule has 0 amide bonds. The van der Waals surface area contributed by atoms with Gasteiger partial charge in [-0.1, -0.05) is 12.2 Å². The van der Waals surface area contributed by atoms with Crippen LogP contribution in [-0.4, -0.2) is 18.0 Å². The first-order valence-corrected chi connectivity index (χ1v) is 5.03. The van der Waals surface area contributed by atoms with Crippen molar-refractivity contribution >= 4 is 5.97 Å². The van der Waals surface area contributed by atoms with Crippen molar-refractivity contribution in [2.24, 2.45) is 0 Å². The number of nitrogens with zero attached hydrogens (tertiary/aromatic N) is 2. The van der Waals surface area contributed by atoms with Gasteiger partial charge < -0.3 is 9.64 Å². The third-order valence-corrected chi connectivity index (χ3v) is 2.43. The van der Waals surface area contributed by atoms with Crippen LogP contribution in [0.3, 0.4) is 0 Å². The van der Waals surface area contributed by atoms with Gasteiger partial charge in [-0.15, -0.1) is 0 Å². The minimum atomic E-state index is -0.628. The highest BCUT2D eigenvalue weighted by Gasteiger charge is 2.21. The Morgan fingerprint density at radius 3 is 2.88 bits per heavy atom. The highest BCUT2D eigenvalue weighted by molar-refractivity contribution is 5.94. The summed E-state index contributed by atoms with van der Waals surface area (Å²) < 4.78 is 4.59. The van der Waals surface area contributed by atoms with Crippen LogP contribution >= 0.6 is 0 Å². The van der Waals surface area contributed by atoms with E-state index in [1.165, 1.54) is 7.11 Å². The van der Waals surface area contributed by atoms with Crippen LogP contribution in [0, 0.1) is 11.3 Å². The van der Waals surface area contributed by atoms with E-state index in [1.807, 2.05) is 30.4 Å². The number of allylic oxidation sites excluding steroid dienone is 6. The molecule has 0 saturated carbocycles. The molecule has 0 fully saturated rings. The minimum Gasteiger partial charge on any atom is -0.465 e. The van der Waals surface area contributed by atoms with Gasteiger partial charge in [0.25, 0.3) is 0 Å². The summed E-state index contributed by atoms with van der Waals surface area (Å²) in [7, 11) is 1.26. The number of fused-ring (bicyclic) bond motifs is 1. The second-order valence-corrected chi connectivity index (χ2v) is 3.38. The number of nitriles is 1. The Hall–Kier alpha value is -2.54. The number of carbonyl (C=O) groups is 1. The predicted octanol–water partition coefficient (Wildman–Crippen LogP) is 1.78. The van der Waals surface area contributed by atoms with Gasteiger partial charge in [0, 0.05) is 11.9 Å². The minimum absolute atomic E-state index is 0.00528. The summed E-state index contributed by atoms with van der Waals surface area (Å²) in [4.78, 5) is 13.3. The van der Waals surface area contributed by atoms with Crippen LogP contribution in [0.2, 0.25) is 0 Å². The van der Waals surface area contributed by atoms with Crippen LogP contribution < -0.4 is 0 Å². The summed E-state index contributed by atoms with van der Waals surface area (Å²) in [5, 5.41) is 9.04. The maximum atomic E-state index is 11.5. The van der Waals surface area contributed by atoms with Crippen LogP contribution in [0.5, 0.6) is 0 Å². The zero-order valence-corrected chi connectivity index (χ0v) is 9.25. The van der Waals surface area contributed by atoms with Crippen LogP contribution in [0.25, 0.3) is 0 Å². The first-order valence-electron chi connectivity index (χ1n) is 5.03. The molecule has 2 heterocycles. The Balaban J connectivity index is 2.50. The normalized spacial score (nSPS) is 19.3. The molecule has 4 heteroatoms. The first kappa shape index (κ1) is 11.0. The van der Waals surface area contributed by atoms with E-state index in [1.54, 1.807) is 23.3 Å². The van der Waals surface area contributed by atoms with Crippen molar-refractivity contribution in [3.8, 4) is 6.07 Å². The molecule has 0 aromatic heterocycles. The highest BCUT2D eigenvalue weighted by Crippen LogP contribution is 2.26. The first-order chi connectivity index (χ1) is 8.27. The Morgan fingerprint density at radius 2 is 2.18 bits per heavy atom. The standard InChI is InChI=1S/C13H10N2O2/c1-17-13(16)11(9-14)12-7-4-6-10-5-2-3-8-15(10)12/h2-8H,1H3/b12-11+. The third-order valence-electron chi connectivity index (χ3n) is 2.43. The van der Waals surface area contributed by atoms with Crippen molar-refractivity contribution in [3.63, 3.8) is 0 Å². The molecule has 0 unspecified atom stereocenters. The lowest BCUT2D eigenvalue weighted by atomic mass is 10.1. The fourth-order valence-electron chi connectivity index (χ4n) is 1.64. The largest absolute Gasteiger partial charge is 0.465 e. The number of ether oxygens (including phenoxy) is 1. The lowest BCUT2D eigenvalue weighted by Gasteiger charge is -2.27. The van der Waals surface area contributed by atoms with Crippen LogP contribution in [0.1, 0.15) is 0 Å². The Morgan fingerprint density at radius 1 is 1.35 bits per heavy atom. The number of rotatable bonds is 1. The van der Waals surface area contributed by atoms with Crippen molar-refractivity contribution < 1.29 is 9.53 Å². The Bertz CT molecular complexity index is 542. The van der Waals surface area contributed by atoms with E-state index in [4.69, 9.17) is 5.26 Å². The predicted molar refractivity (Wildman–Crippen MR) is 62.0 cm³/mol. The molecule has 4 nitrogen and oxygen atoms in total. The van der Waals surface area contributed by atoms with E-state index in [0.29, 0.717) is 5.70 Å². The van der Waals surface area contributed by atoms with Crippen LogP contribution in [-0.2, 0) is 9.53 Å². The monoisotopic (exact) mass is 226 g/mol. The van der Waals surface area contributed by atoms with Crippen LogP contribution in [0.15, 0.2) is 59.6 Å². The van der Waals surface area contributed by atoms with E-state index < -0.39 is 5.97 Å². The molecule has 2 rings (SSSR count). The molecule has 0 radical (unpaired) electrons. The fourth-order valence-corrected chi connectivity index (χ4v) is 1.64. The molecule has 0 aromatic rings. The fraction of sp³-hybridized carbons (Fsp3) is 0.0769. The van der Waals surface area contributed by atoms with Gasteiger partial charge in [0.05, 0.1) is 12.8 Å². The zero-order valence-electron chi connectivity index (χ0n) is 9.25. The Labute approximate surface area is 99.1 Å². The maximum Gasteiger partial charge on any atom is 0.350 e. The SMILES string of the molecule is COC(=O)/C(C#N)=C1\C=CC=C2C=CC=CN21. The molecule has 17 heavy (non-hydrogen) atoms. The van der Waals surface area contributed by atoms with Crippen molar-refractivity contribution in [2.45, 2.75) is 0 Å². The maximum absolute atomic E-state index is 11.5. The summed E-state index contributed by atoms with van der Waals surface area (Å²) in [5.74, 6) is -0.628. The smallest absolute Gasteiger partial charge is 0.350 e. The van der Waals surface area contributed by atoms with Gasteiger partial charge in [-0.25, -0.2) is 4.79 Å². The van der Waals surface area contributed by atoms with E-state index in [0.717, 1.165) is 5.70 Å². The molecule has 0 atom stereocenters. The lowest BCUT2D eigenvalue weighted by Crippen LogP contribution is -2.21. The van der Waals surface area contributed by atoms with E-state index in [2.05, 4.69) is 4.74 Å². The number of methoxy groups -OCH3 is 1. The van der Waals surface area contributed by atoms with E-state index in [9.17, 15) is 4.79 Å². The number of esters is 1. The van der Waals surface area contributed by atoms with Gasteiger partial charge in [0.1, 0.15) is 6.07 Å². The van der Waals surface area contributed by atoms with Gasteiger partial charge >= 0.3 is 5.97 Å². The van der Waals surface area contributed by atoms with E-state index in [-0.39, 0.29) is 5.57 Å². The molecule has 0 aliphatic carbocycles. The molecule has 0 bridgehead atoms. The molecule has 84 valence electrons. The van der Waals surface area contributed by atoms with Gasteiger partial charge in [-0.05, 0) is 24.3 Å². The quantitative estimate of drug-likeness (QED) is 0.388. The lowest BCUT2D eigenvalue weighted by molar-refractivity contribution is -0.135. The van der Waals surface area contributed by atoms with E-state index >= 15 is 0 Å². The van der Waals surface area contributed by atoms with Crippen molar-refractivity contribution in [2.75, 3.05) is 7.11 Å². The van der Waals surface area contributed by atoms with Gasteiger partial charge in [-0.2, -0.15) is 5.26 Å². The Kier molecular flexibility index (Phi) is 2.93. The molecule has 2 aliphatic rings. The topological polar surface area (TPSA) is 53.3 Å². The van der Waals surface area contributed by atoms with Gasteiger partial charge in [0.15, 0.2) is 5.57 Å². The number of hydrogen-bond donors (Lipinski definition) is 0. The second-order valence-electron chi connectivity index (χ2n) is 3.38.